The number of amides is 2. The molecule has 2 N–H and O–H groups in total. The van der Waals surface area contributed by atoms with Crippen molar-refractivity contribution in [3.05, 3.63) is 107 Å². The molecule has 1 saturated heterocycles. The Labute approximate surface area is 214 Å². The molecule has 0 radical (unpaired) electrons. The first-order valence-corrected chi connectivity index (χ1v) is 13.0. The molecule has 3 aromatic rings. The lowest BCUT2D eigenvalue weighted by atomic mass is 9.93. The third-order valence-electron chi connectivity index (χ3n) is 6.98. The lowest BCUT2D eigenvalue weighted by Gasteiger charge is -2.36. The molecule has 1 unspecified atom stereocenters. The highest BCUT2D eigenvalue weighted by molar-refractivity contribution is 5.77. The van der Waals surface area contributed by atoms with Crippen molar-refractivity contribution in [3.63, 3.8) is 0 Å². The number of hydrogen-bond acceptors (Lipinski definition) is 3. The maximum absolute atomic E-state index is 13.3. The van der Waals surface area contributed by atoms with Crippen LogP contribution in [0.3, 0.4) is 0 Å². The van der Waals surface area contributed by atoms with Crippen molar-refractivity contribution < 1.29 is 9.59 Å². The van der Waals surface area contributed by atoms with Crippen LogP contribution in [0.1, 0.15) is 41.2 Å². The van der Waals surface area contributed by atoms with Gasteiger partial charge in [-0.15, -0.1) is 0 Å². The first kappa shape index (κ1) is 25.6. The van der Waals surface area contributed by atoms with Crippen LogP contribution in [0.5, 0.6) is 0 Å². The van der Waals surface area contributed by atoms with E-state index in [2.05, 4.69) is 88.3 Å². The standard InChI is InChI=1S/C31H37N3O2/c1-24(35)33-18-17-27-12-6-8-14-29(27)22-28-13-7-5-11-26(28)15-16-31(36)34-20-19-32-23-30(34)21-25-9-3-2-4-10-25/h2-14,30,32H,15-23H2,1H3,(H,33,35). The van der Waals surface area contributed by atoms with E-state index in [1.807, 2.05) is 6.07 Å². The van der Waals surface area contributed by atoms with E-state index >= 15 is 0 Å². The predicted octanol–water partition coefficient (Wildman–Crippen LogP) is 3.93. The van der Waals surface area contributed by atoms with E-state index in [0.717, 1.165) is 45.3 Å². The van der Waals surface area contributed by atoms with Gasteiger partial charge in [-0.05, 0) is 53.5 Å². The molecule has 0 aliphatic carbocycles. The Kier molecular flexibility index (Phi) is 9.28. The fraction of sp³-hybridized carbons (Fsp3) is 0.355. The molecule has 3 aromatic carbocycles. The minimum Gasteiger partial charge on any atom is -0.356 e. The second-order valence-corrected chi connectivity index (χ2v) is 9.58. The summed E-state index contributed by atoms with van der Waals surface area (Å²) in [5.74, 6) is 0.237. The van der Waals surface area contributed by atoms with E-state index < -0.39 is 0 Å². The monoisotopic (exact) mass is 483 g/mol. The maximum atomic E-state index is 13.3. The zero-order valence-corrected chi connectivity index (χ0v) is 21.2. The molecule has 5 heteroatoms. The van der Waals surface area contributed by atoms with Crippen LogP contribution in [0.15, 0.2) is 78.9 Å². The van der Waals surface area contributed by atoms with Gasteiger partial charge in [-0.3, -0.25) is 9.59 Å². The highest BCUT2D eigenvalue weighted by atomic mass is 16.2. The fourth-order valence-corrected chi connectivity index (χ4v) is 5.07. The molecule has 1 aliphatic heterocycles. The second kappa shape index (κ2) is 13.0. The summed E-state index contributed by atoms with van der Waals surface area (Å²) >= 11 is 0. The average molecular weight is 484 g/mol. The van der Waals surface area contributed by atoms with Gasteiger partial charge in [0.1, 0.15) is 0 Å². The minimum absolute atomic E-state index is 0.00186. The largest absolute Gasteiger partial charge is 0.356 e. The van der Waals surface area contributed by atoms with Gasteiger partial charge in [0.2, 0.25) is 11.8 Å². The Balaban J connectivity index is 1.40. The summed E-state index contributed by atoms with van der Waals surface area (Å²) < 4.78 is 0. The van der Waals surface area contributed by atoms with E-state index in [9.17, 15) is 9.59 Å². The molecule has 36 heavy (non-hydrogen) atoms. The third kappa shape index (κ3) is 7.28. The van der Waals surface area contributed by atoms with Crippen molar-refractivity contribution in [2.24, 2.45) is 0 Å². The highest BCUT2D eigenvalue weighted by Crippen LogP contribution is 2.20. The van der Waals surface area contributed by atoms with Crippen molar-refractivity contribution in [2.45, 2.75) is 45.1 Å². The van der Waals surface area contributed by atoms with Gasteiger partial charge in [-0.25, -0.2) is 0 Å². The third-order valence-corrected chi connectivity index (χ3v) is 6.98. The molecule has 1 atom stereocenters. The van der Waals surface area contributed by atoms with Crippen molar-refractivity contribution in [1.82, 2.24) is 15.5 Å². The molecular formula is C31H37N3O2. The van der Waals surface area contributed by atoms with E-state index in [4.69, 9.17) is 0 Å². The predicted molar refractivity (Wildman–Crippen MR) is 145 cm³/mol. The average Bonchev–Trinajstić information content (AvgIpc) is 2.90. The van der Waals surface area contributed by atoms with Crippen LogP contribution in [0.25, 0.3) is 0 Å². The van der Waals surface area contributed by atoms with Gasteiger partial charge in [0.25, 0.3) is 0 Å². The van der Waals surface area contributed by atoms with Crippen molar-refractivity contribution >= 4 is 11.8 Å². The van der Waals surface area contributed by atoms with Gasteiger partial charge in [0.15, 0.2) is 0 Å². The molecule has 4 rings (SSSR count). The van der Waals surface area contributed by atoms with Crippen molar-refractivity contribution in [3.8, 4) is 0 Å². The van der Waals surface area contributed by atoms with Gasteiger partial charge in [0.05, 0.1) is 0 Å². The van der Waals surface area contributed by atoms with Gasteiger partial charge in [-0.1, -0.05) is 78.9 Å². The van der Waals surface area contributed by atoms with E-state index in [0.29, 0.717) is 13.0 Å². The lowest BCUT2D eigenvalue weighted by Crippen LogP contribution is -2.54. The molecule has 0 saturated carbocycles. The second-order valence-electron chi connectivity index (χ2n) is 9.58. The molecule has 0 bridgehead atoms. The van der Waals surface area contributed by atoms with Crippen LogP contribution in [0.2, 0.25) is 0 Å². The smallest absolute Gasteiger partial charge is 0.223 e. The number of aryl methyl sites for hydroxylation is 1. The first-order valence-electron chi connectivity index (χ1n) is 13.0. The summed E-state index contributed by atoms with van der Waals surface area (Å²) in [6, 6.07) is 27.5. The molecule has 1 aliphatic rings. The Morgan fingerprint density at radius 2 is 1.47 bits per heavy atom. The Hall–Kier alpha value is -3.44. The topological polar surface area (TPSA) is 61.4 Å². The number of rotatable bonds is 10. The highest BCUT2D eigenvalue weighted by Gasteiger charge is 2.26. The van der Waals surface area contributed by atoms with Crippen LogP contribution >= 0.6 is 0 Å². The summed E-state index contributed by atoms with van der Waals surface area (Å²) in [6.45, 7) is 4.64. The Bertz CT molecular complexity index is 1150. The number of piperazine rings is 1. The number of nitrogens with zero attached hydrogens (tertiary/aromatic N) is 1. The molecule has 1 fully saturated rings. The molecule has 0 spiro atoms. The van der Waals surface area contributed by atoms with Crippen LogP contribution < -0.4 is 10.6 Å². The van der Waals surface area contributed by atoms with Crippen LogP contribution in [0.4, 0.5) is 0 Å². The number of nitrogens with one attached hydrogen (secondary N) is 2. The van der Waals surface area contributed by atoms with Gasteiger partial charge < -0.3 is 15.5 Å². The zero-order valence-electron chi connectivity index (χ0n) is 21.2. The molecule has 2 amide bonds. The summed E-state index contributed by atoms with van der Waals surface area (Å²) in [7, 11) is 0. The lowest BCUT2D eigenvalue weighted by molar-refractivity contribution is -0.134. The van der Waals surface area contributed by atoms with Crippen LogP contribution in [-0.2, 0) is 35.3 Å². The van der Waals surface area contributed by atoms with Gasteiger partial charge in [0, 0.05) is 45.6 Å². The van der Waals surface area contributed by atoms with E-state index in [1.165, 1.54) is 27.8 Å². The van der Waals surface area contributed by atoms with Crippen LogP contribution in [-0.4, -0.2) is 48.9 Å². The Morgan fingerprint density at radius 1 is 0.861 bits per heavy atom. The van der Waals surface area contributed by atoms with Crippen molar-refractivity contribution in [1.29, 1.82) is 0 Å². The Morgan fingerprint density at radius 3 is 2.14 bits per heavy atom. The number of carbonyl (C=O) groups is 2. The zero-order chi connectivity index (χ0) is 25.2. The maximum Gasteiger partial charge on any atom is 0.223 e. The minimum atomic E-state index is -0.00186. The molecule has 5 nitrogen and oxygen atoms in total. The molecule has 0 aromatic heterocycles. The van der Waals surface area contributed by atoms with E-state index in [-0.39, 0.29) is 17.9 Å². The van der Waals surface area contributed by atoms with E-state index in [1.54, 1.807) is 6.92 Å². The molecular weight excluding hydrogens is 446 g/mol. The number of carbonyl (C=O) groups excluding carboxylic acids is 2. The summed E-state index contributed by atoms with van der Waals surface area (Å²) in [5, 5.41) is 6.35. The summed E-state index contributed by atoms with van der Waals surface area (Å²) in [6.07, 6.45) is 3.77. The summed E-state index contributed by atoms with van der Waals surface area (Å²) in [5.41, 5.74) is 6.29. The molecule has 188 valence electrons. The normalized spacial score (nSPS) is 15.5. The SMILES string of the molecule is CC(=O)NCCc1ccccc1Cc1ccccc1CCC(=O)N1CCNCC1Cc1ccccc1. The van der Waals surface area contributed by atoms with Crippen molar-refractivity contribution in [2.75, 3.05) is 26.2 Å². The number of hydrogen-bond donors (Lipinski definition) is 2. The first-order chi connectivity index (χ1) is 17.6. The molecule has 1 heterocycles. The number of benzene rings is 3. The fourth-order valence-electron chi connectivity index (χ4n) is 5.07. The van der Waals surface area contributed by atoms with Gasteiger partial charge in [-0.2, -0.15) is 0 Å². The quantitative estimate of drug-likeness (QED) is 0.459. The van der Waals surface area contributed by atoms with Gasteiger partial charge >= 0.3 is 0 Å². The summed E-state index contributed by atoms with van der Waals surface area (Å²) in [4.78, 5) is 26.7. The van der Waals surface area contributed by atoms with Crippen LogP contribution in [0, 0.1) is 0 Å².